The normalized spacial score (nSPS) is 21.0. The zero-order chi connectivity index (χ0) is 10.3. The van der Waals surface area contributed by atoms with Crippen molar-refractivity contribution in [2.24, 2.45) is 5.41 Å². The third-order valence-electron chi connectivity index (χ3n) is 3.18. The van der Waals surface area contributed by atoms with Gasteiger partial charge in [-0.15, -0.1) is 11.6 Å². The van der Waals surface area contributed by atoms with Gasteiger partial charge < -0.3 is 5.32 Å². The molecule has 0 amide bonds. The molecule has 0 spiro atoms. The van der Waals surface area contributed by atoms with Crippen molar-refractivity contribution in [1.82, 2.24) is 5.32 Å². The number of halogens is 1. The van der Waals surface area contributed by atoms with Gasteiger partial charge in [-0.25, -0.2) is 0 Å². The maximum absolute atomic E-state index is 6.10. The van der Waals surface area contributed by atoms with E-state index in [0.29, 0.717) is 5.41 Å². The van der Waals surface area contributed by atoms with Gasteiger partial charge in [0, 0.05) is 24.7 Å². The molecule has 0 aromatic rings. The highest BCUT2D eigenvalue weighted by atomic mass is 35.5. The minimum atomic E-state index is 0.415. The van der Waals surface area contributed by atoms with Gasteiger partial charge in [-0.1, -0.05) is 19.3 Å². The molecule has 1 aliphatic carbocycles. The molecular weight excluding hydrogens is 214 g/mol. The summed E-state index contributed by atoms with van der Waals surface area (Å²) in [6.07, 6.45) is 8.95. The lowest BCUT2D eigenvalue weighted by atomic mass is 9.75. The van der Waals surface area contributed by atoms with Gasteiger partial charge in [0.2, 0.25) is 0 Å². The van der Waals surface area contributed by atoms with Crippen molar-refractivity contribution >= 4 is 23.4 Å². The highest BCUT2D eigenvalue weighted by Gasteiger charge is 2.30. The van der Waals surface area contributed by atoms with E-state index < -0.39 is 0 Å². The third-order valence-corrected chi connectivity index (χ3v) is 4.36. The minimum Gasteiger partial charge on any atom is -0.315 e. The maximum atomic E-state index is 6.10. The van der Waals surface area contributed by atoms with Crippen LogP contribution in [-0.4, -0.2) is 31.0 Å². The first-order chi connectivity index (χ1) is 6.83. The summed E-state index contributed by atoms with van der Waals surface area (Å²) in [5.74, 6) is 2.04. The molecule has 3 heteroatoms. The number of hydrogen-bond acceptors (Lipinski definition) is 2. The molecule has 0 saturated heterocycles. The Morgan fingerprint density at radius 1 is 1.29 bits per heavy atom. The molecule has 1 rings (SSSR count). The fourth-order valence-corrected chi connectivity index (χ4v) is 2.90. The lowest BCUT2D eigenvalue weighted by molar-refractivity contribution is 0.214. The Hall–Kier alpha value is 0.600. The monoisotopic (exact) mass is 235 g/mol. The predicted molar refractivity (Wildman–Crippen MR) is 67.5 cm³/mol. The van der Waals surface area contributed by atoms with Crippen molar-refractivity contribution in [3.05, 3.63) is 0 Å². The Morgan fingerprint density at radius 3 is 2.57 bits per heavy atom. The van der Waals surface area contributed by atoms with Crippen LogP contribution in [0.2, 0.25) is 0 Å². The molecule has 0 heterocycles. The van der Waals surface area contributed by atoms with E-state index in [1.54, 1.807) is 0 Å². The topological polar surface area (TPSA) is 12.0 Å². The minimum absolute atomic E-state index is 0.415. The highest BCUT2D eigenvalue weighted by Crippen LogP contribution is 2.36. The SMILES string of the molecule is CSCCNCC1(CCl)CCCCC1. The van der Waals surface area contributed by atoms with E-state index in [2.05, 4.69) is 11.6 Å². The zero-order valence-corrected chi connectivity index (χ0v) is 10.7. The lowest BCUT2D eigenvalue weighted by Crippen LogP contribution is -2.38. The van der Waals surface area contributed by atoms with Crippen LogP contribution in [0.1, 0.15) is 32.1 Å². The predicted octanol–water partition coefficient (Wildman–Crippen LogP) is 3.13. The van der Waals surface area contributed by atoms with Crippen LogP contribution >= 0.6 is 23.4 Å². The van der Waals surface area contributed by atoms with Crippen molar-refractivity contribution < 1.29 is 0 Å². The maximum Gasteiger partial charge on any atom is 0.0292 e. The van der Waals surface area contributed by atoms with Crippen LogP contribution in [0.4, 0.5) is 0 Å². The number of hydrogen-bond donors (Lipinski definition) is 1. The second-order valence-electron chi connectivity index (χ2n) is 4.36. The molecule has 0 atom stereocenters. The van der Waals surface area contributed by atoms with Crippen molar-refractivity contribution in [3.63, 3.8) is 0 Å². The molecule has 1 fully saturated rings. The fraction of sp³-hybridized carbons (Fsp3) is 1.00. The highest BCUT2D eigenvalue weighted by molar-refractivity contribution is 7.98. The molecule has 1 nitrogen and oxygen atoms in total. The Kier molecular flexibility index (Phi) is 6.31. The summed E-state index contributed by atoms with van der Waals surface area (Å²) in [6, 6.07) is 0. The van der Waals surface area contributed by atoms with Gasteiger partial charge in [-0.3, -0.25) is 0 Å². The van der Waals surface area contributed by atoms with Gasteiger partial charge in [0.15, 0.2) is 0 Å². The number of nitrogens with one attached hydrogen (secondary N) is 1. The van der Waals surface area contributed by atoms with Crippen LogP contribution in [0, 0.1) is 5.41 Å². The third kappa shape index (κ3) is 4.00. The standard InChI is InChI=1S/C11H22ClNS/c1-14-8-7-13-10-11(9-12)5-3-2-4-6-11/h13H,2-10H2,1H3. The van der Waals surface area contributed by atoms with Crippen LogP contribution in [0.25, 0.3) is 0 Å². The van der Waals surface area contributed by atoms with Crippen LogP contribution < -0.4 is 5.32 Å². The van der Waals surface area contributed by atoms with E-state index in [-0.39, 0.29) is 0 Å². The van der Waals surface area contributed by atoms with E-state index >= 15 is 0 Å². The average Bonchev–Trinajstić information content (AvgIpc) is 2.26. The first kappa shape index (κ1) is 12.7. The van der Waals surface area contributed by atoms with Gasteiger partial charge in [-0.05, 0) is 24.5 Å². The van der Waals surface area contributed by atoms with E-state index in [1.165, 1.54) is 37.9 Å². The molecule has 0 unspecified atom stereocenters. The van der Waals surface area contributed by atoms with Gasteiger partial charge in [0.25, 0.3) is 0 Å². The summed E-state index contributed by atoms with van der Waals surface area (Å²) in [6.45, 7) is 2.25. The first-order valence-electron chi connectivity index (χ1n) is 5.59. The van der Waals surface area contributed by atoms with Gasteiger partial charge >= 0.3 is 0 Å². The second kappa shape index (κ2) is 6.97. The molecule has 84 valence electrons. The molecule has 0 aromatic carbocycles. The number of rotatable bonds is 6. The molecule has 0 aromatic heterocycles. The van der Waals surface area contributed by atoms with Crippen LogP contribution in [0.3, 0.4) is 0 Å². The van der Waals surface area contributed by atoms with E-state index in [4.69, 9.17) is 11.6 Å². The Bertz CT molecular complexity index is 146. The van der Waals surface area contributed by atoms with Crippen LogP contribution in [-0.2, 0) is 0 Å². The van der Waals surface area contributed by atoms with Crippen molar-refractivity contribution in [2.75, 3.05) is 31.0 Å². The smallest absolute Gasteiger partial charge is 0.0292 e. The summed E-state index contributed by atoms with van der Waals surface area (Å²) in [5.41, 5.74) is 0.415. The molecule has 0 aliphatic heterocycles. The Labute approximate surface area is 97.4 Å². The van der Waals surface area contributed by atoms with Gasteiger partial charge in [0.1, 0.15) is 0 Å². The van der Waals surface area contributed by atoms with Crippen molar-refractivity contribution in [3.8, 4) is 0 Å². The van der Waals surface area contributed by atoms with E-state index in [1.807, 2.05) is 11.8 Å². The molecule has 0 bridgehead atoms. The van der Waals surface area contributed by atoms with Crippen molar-refractivity contribution in [2.45, 2.75) is 32.1 Å². The Balaban J connectivity index is 2.22. The largest absolute Gasteiger partial charge is 0.315 e. The number of alkyl halides is 1. The molecular formula is C11H22ClNS. The summed E-state index contributed by atoms with van der Waals surface area (Å²) in [7, 11) is 0. The molecule has 0 radical (unpaired) electrons. The van der Waals surface area contributed by atoms with Gasteiger partial charge in [-0.2, -0.15) is 11.8 Å². The summed E-state index contributed by atoms with van der Waals surface area (Å²) in [5, 5.41) is 3.54. The zero-order valence-electron chi connectivity index (χ0n) is 9.15. The molecule has 1 N–H and O–H groups in total. The number of thioether (sulfide) groups is 1. The summed E-state index contributed by atoms with van der Waals surface area (Å²) in [4.78, 5) is 0. The van der Waals surface area contributed by atoms with E-state index in [0.717, 1.165) is 19.0 Å². The quantitative estimate of drug-likeness (QED) is 0.561. The molecule has 14 heavy (non-hydrogen) atoms. The molecule has 1 saturated carbocycles. The summed E-state index contributed by atoms with van der Waals surface area (Å²) >= 11 is 8.00. The van der Waals surface area contributed by atoms with Gasteiger partial charge in [0.05, 0.1) is 0 Å². The van der Waals surface area contributed by atoms with Crippen LogP contribution in [0.5, 0.6) is 0 Å². The summed E-state index contributed by atoms with van der Waals surface area (Å²) < 4.78 is 0. The lowest BCUT2D eigenvalue weighted by Gasteiger charge is -2.35. The molecule has 1 aliphatic rings. The fourth-order valence-electron chi connectivity index (χ4n) is 2.19. The van der Waals surface area contributed by atoms with Crippen LogP contribution in [0.15, 0.2) is 0 Å². The Morgan fingerprint density at radius 2 is 2.00 bits per heavy atom. The van der Waals surface area contributed by atoms with Crippen molar-refractivity contribution in [1.29, 1.82) is 0 Å². The van der Waals surface area contributed by atoms with E-state index in [9.17, 15) is 0 Å². The average molecular weight is 236 g/mol. The first-order valence-corrected chi connectivity index (χ1v) is 7.51. The second-order valence-corrected chi connectivity index (χ2v) is 5.62.